The first-order valence-corrected chi connectivity index (χ1v) is 5.21. The summed E-state index contributed by atoms with van der Waals surface area (Å²) in [6, 6.07) is 1.93. The fraction of sp³-hybridized carbons (Fsp3) is 0.800. The molecule has 1 heterocycles. The van der Waals surface area contributed by atoms with Crippen LogP contribution in [-0.2, 0) is 9.53 Å². The number of morpholine rings is 1. The molecule has 1 saturated heterocycles. The molecule has 0 bridgehead atoms. The number of carbonyl (C=O) groups is 1. The molecular weight excluding hydrogens is 194 g/mol. The van der Waals surface area contributed by atoms with Crippen molar-refractivity contribution in [2.75, 3.05) is 19.7 Å². The van der Waals surface area contributed by atoms with E-state index in [9.17, 15) is 4.79 Å². The Labute approximate surface area is 89.8 Å². The molecule has 5 nitrogen and oxygen atoms in total. The van der Waals surface area contributed by atoms with Crippen LogP contribution < -0.4 is 10.6 Å². The average molecular weight is 211 g/mol. The van der Waals surface area contributed by atoms with Crippen molar-refractivity contribution in [2.45, 2.75) is 31.9 Å². The van der Waals surface area contributed by atoms with Crippen LogP contribution in [0.3, 0.4) is 0 Å². The molecule has 15 heavy (non-hydrogen) atoms. The summed E-state index contributed by atoms with van der Waals surface area (Å²) in [5.74, 6) is -0.0496. The molecule has 5 heteroatoms. The lowest BCUT2D eigenvalue weighted by atomic mass is 10.2. The van der Waals surface area contributed by atoms with E-state index >= 15 is 0 Å². The molecular formula is C10H17N3O2. The van der Waals surface area contributed by atoms with E-state index in [1.165, 1.54) is 0 Å². The molecule has 1 aliphatic heterocycles. The summed E-state index contributed by atoms with van der Waals surface area (Å²) in [5.41, 5.74) is 0. The Morgan fingerprint density at radius 1 is 1.80 bits per heavy atom. The summed E-state index contributed by atoms with van der Waals surface area (Å²) in [4.78, 5) is 11.5. The van der Waals surface area contributed by atoms with E-state index in [1.54, 1.807) is 0 Å². The van der Waals surface area contributed by atoms with Gasteiger partial charge in [0.2, 0.25) is 5.91 Å². The summed E-state index contributed by atoms with van der Waals surface area (Å²) in [6.45, 7) is 4.05. The second kappa shape index (κ2) is 6.38. The van der Waals surface area contributed by atoms with Gasteiger partial charge in [-0.25, -0.2) is 0 Å². The summed E-state index contributed by atoms with van der Waals surface area (Å²) >= 11 is 0. The molecule has 0 aromatic rings. The second-order valence-corrected chi connectivity index (χ2v) is 3.73. The van der Waals surface area contributed by atoms with Crippen LogP contribution in [0.2, 0.25) is 0 Å². The SMILES string of the molecule is CC(CC#N)NC(=O)CC1CNCCO1. The van der Waals surface area contributed by atoms with Gasteiger partial charge in [-0.2, -0.15) is 5.26 Å². The van der Waals surface area contributed by atoms with Crippen LogP contribution in [0, 0.1) is 11.3 Å². The van der Waals surface area contributed by atoms with Crippen LogP contribution in [0.5, 0.6) is 0 Å². The van der Waals surface area contributed by atoms with Gasteiger partial charge in [-0.3, -0.25) is 4.79 Å². The van der Waals surface area contributed by atoms with Crippen molar-refractivity contribution in [3.8, 4) is 6.07 Å². The zero-order chi connectivity index (χ0) is 11.1. The van der Waals surface area contributed by atoms with E-state index in [0.717, 1.165) is 13.1 Å². The number of ether oxygens (including phenoxy) is 1. The number of carbonyl (C=O) groups excluding carboxylic acids is 1. The molecule has 1 rings (SSSR count). The van der Waals surface area contributed by atoms with Crippen LogP contribution in [0.1, 0.15) is 19.8 Å². The van der Waals surface area contributed by atoms with Gasteiger partial charge in [-0.15, -0.1) is 0 Å². The van der Waals surface area contributed by atoms with Gasteiger partial charge in [-0.05, 0) is 6.92 Å². The summed E-state index contributed by atoms with van der Waals surface area (Å²) < 4.78 is 5.40. The first-order valence-electron chi connectivity index (χ1n) is 5.21. The Morgan fingerprint density at radius 3 is 3.20 bits per heavy atom. The van der Waals surface area contributed by atoms with E-state index in [0.29, 0.717) is 19.4 Å². The smallest absolute Gasteiger partial charge is 0.222 e. The molecule has 2 atom stereocenters. The minimum absolute atomic E-state index is 0.0342. The molecule has 1 amide bonds. The largest absolute Gasteiger partial charge is 0.375 e. The Morgan fingerprint density at radius 2 is 2.60 bits per heavy atom. The number of hydrogen-bond acceptors (Lipinski definition) is 4. The number of nitriles is 1. The molecule has 0 spiro atoms. The maximum Gasteiger partial charge on any atom is 0.222 e. The van der Waals surface area contributed by atoms with Crippen LogP contribution in [0.25, 0.3) is 0 Å². The first kappa shape index (κ1) is 12.0. The summed E-state index contributed by atoms with van der Waals surface area (Å²) in [5, 5.41) is 14.4. The molecule has 1 fully saturated rings. The standard InChI is InChI=1S/C10H17N3O2/c1-8(2-3-11)13-10(14)6-9-7-12-4-5-15-9/h8-9,12H,2,4-7H2,1H3,(H,13,14). The van der Waals surface area contributed by atoms with Gasteiger partial charge in [0, 0.05) is 19.1 Å². The third-order valence-corrected chi connectivity index (χ3v) is 2.22. The highest BCUT2D eigenvalue weighted by Gasteiger charge is 2.17. The van der Waals surface area contributed by atoms with E-state index in [1.807, 2.05) is 13.0 Å². The Kier molecular flexibility index (Phi) is 5.08. The van der Waals surface area contributed by atoms with Crippen molar-refractivity contribution in [3.63, 3.8) is 0 Å². The maximum absolute atomic E-state index is 11.5. The third-order valence-electron chi connectivity index (χ3n) is 2.22. The zero-order valence-electron chi connectivity index (χ0n) is 8.95. The maximum atomic E-state index is 11.5. The number of rotatable bonds is 4. The van der Waals surface area contributed by atoms with Crippen molar-refractivity contribution in [3.05, 3.63) is 0 Å². The number of amides is 1. The minimum atomic E-state index is -0.0842. The number of hydrogen-bond donors (Lipinski definition) is 2. The van der Waals surface area contributed by atoms with Crippen LogP contribution >= 0.6 is 0 Å². The van der Waals surface area contributed by atoms with Crippen molar-refractivity contribution in [1.29, 1.82) is 5.26 Å². The summed E-state index contributed by atoms with van der Waals surface area (Å²) in [7, 11) is 0. The van der Waals surface area contributed by atoms with Gasteiger partial charge in [0.1, 0.15) is 0 Å². The van der Waals surface area contributed by atoms with Gasteiger partial charge in [0.15, 0.2) is 0 Å². The average Bonchev–Trinajstić information content (AvgIpc) is 2.19. The lowest BCUT2D eigenvalue weighted by Gasteiger charge is -2.23. The van der Waals surface area contributed by atoms with Gasteiger partial charge in [0.05, 0.1) is 31.6 Å². The molecule has 0 aliphatic carbocycles. The van der Waals surface area contributed by atoms with Crippen LogP contribution in [0.4, 0.5) is 0 Å². The highest BCUT2D eigenvalue weighted by atomic mass is 16.5. The van der Waals surface area contributed by atoms with Gasteiger partial charge < -0.3 is 15.4 Å². The topological polar surface area (TPSA) is 74.2 Å². The fourth-order valence-electron chi connectivity index (χ4n) is 1.48. The van der Waals surface area contributed by atoms with Gasteiger partial charge in [-0.1, -0.05) is 0 Å². The Balaban J connectivity index is 2.20. The highest BCUT2D eigenvalue weighted by molar-refractivity contribution is 5.76. The normalized spacial score (nSPS) is 22.8. The van der Waals surface area contributed by atoms with E-state index in [4.69, 9.17) is 10.00 Å². The van der Waals surface area contributed by atoms with Crippen molar-refractivity contribution >= 4 is 5.91 Å². The van der Waals surface area contributed by atoms with Crippen molar-refractivity contribution in [1.82, 2.24) is 10.6 Å². The molecule has 1 aliphatic rings. The predicted octanol–water partition coefficient (Wildman–Crippen LogP) is -0.217. The molecule has 2 unspecified atom stereocenters. The lowest BCUT2D eigenvalue weighted by Crippen LogP contribution is -2.42. The predicted molar refractivity (Wildman–Crippen MR) is 55.1 cm³/mol. The van der Waals surface area contributed by atoms with Gasteiger partial charge >= 0.3 is 0 Å². The van der Waals surface area contributed by atoms with Crippen molar-refractivity contribution < 1.29 is 9.53 Å². The molecule has 0 aromatic heterocycles. The van der Waals surface area contributed by atoms with E-state index in [-0.39, 0.29) is 18.1 Å². The molecule has 0 saturated carbocycles. The Bertz CT molecular complexity index is 244. The fourth-order valence-corrected chi connectivity index (χ4v) is 1.48. The highest BCUT2D eigenvalue weighted by Crippen LogP contribution is 2.01. The lowest BCUT2D eigenvalue weighted by molar-refractivity contribution is -0.125. The minimum Gasteiger partial charge on any atom is -0.375 e. The zero-order valence-corrected chi connectivity index (χ0v) is 8.95. The third kappa shape index (κ3) is 4.77. The molecule has 2 N–H and O–H groups in total. The first-order chi connectivity index (χ1) is 7.22. The van der Waals surface area contributed by atoms with Crippen molar-refractivity contribution in [2.24, 2.45) is 0 Å². The number of nitrogens with one attached hydrogen (secondary N) is 2. The quantitative estimate of drug-likeness (QED) is 0.674. The summed E-state index contributed by atoms with van der Waals surface area (Å²) in [6.07, 6.45) is 0.672. The monoisotopic (exact) mass is 211 g/mol. The molecule has 0 radical (unpaired) electrons. The number of nitrogens with zero attached hydrogens (tertiary/aromatic N) is 1. The van der Waals surface area contributed by atoms with Crippen LogP contribution in [0.15, 0.2) is 0 Å². The van der Waals surface area contributed by atoms with Gasteiger partial charge in [0.25, 0.3) is 0 Å². The molecule has 84 valence electrons. The van der Waals surface area contributed by atoms with Crippen LogP contribution in [-0.4, -0.2) is 37.7 Å². The Hall–Kier alpha value is -1.12. The van der Waals surface area contributed by atoms with E-state index in [2.05, 4.69) is 10.6 Å². The second-order valence-electron chi connectivity index (χ2n) is 3.73. The van der Waals surface area contributed by atoms with E-state index < -0.39 is 0 Å². The molecule has 0 aromatic carbocycles.